The van der Waals surface area contributed by atoms with Gasteiger partial charge in [-0.3, -0.25) is 4.79 Å². The van der Waals surface area contributed by atoms with E-state index in [0.29, 0.717) is 29.1 Å². The fourth-order valence-electron chi connectivity index (χ4n) is 2.56. The summed E-state index contributed by atoms with van der Waals surface area (Å²) in [4.78, 5) is 24.0. The molecule has 0 fully saturated rings. The molecule has 2 aromatic rings. The van der Waals surface area contributed by atoms with Gasteiger partial charge in [0.1, 0.15) is 5.75 Å². The van der Waals surface area contributed by atoms with Gasteiger partial charge in [0, 0.05) is 12.2 Å². The molecule has 0 aliphatic carbocycles. The minimum Gasteiger partial charge on any atom is -0.483 e. The van der Waals surface area contributed by atoms with E-state index in [1.165, 1.54) is 18.2 Å². The highest BCUT2D eigenvalue weighted by molar-refractivity contribution is 7.89. The molecule has 31 heavy (non-hydrogen) atoms. The molecule has 2 rings (SSSR count). The lowest BCUT2D eigenvalue weighted by Gasteiger charge is -2.13. The molecule has 0 spiro atoms. The Labute approximate surface area is 183 Å². The fraction of sp³-hybridized carbons (Fsp3) is 0.364. The first kappa shape index (κ1) is 24.4. The lowest BCUT2D eigenvalue weighted by atomic mass is 10.2. The Balaban J connectivity index is 1.94. The average Bonchev–Trinajstić information content (AvgIpc) is 2.72. The van der Waals surface area contributed by atoms with Gasteiger partial charge in [-0.05, 0) is 67.8 Å². The van der Waals surface area contributed by atoms with Gasteiger partial charge in [0.25, 0.3) is 5.91 Å². The number of sulfonamides is 1. The molecule has 0 aliphatic rings. The normalized spacial score (nSPS) is 11.3. The van der Waals surface area contributed by atoms with Crippen molar-refractivity contribution >= 4 is 27.6 Å². The summed E-state index contributed by atoms with van der Waals surface area (Å²) in [6, 6.07) is 10.8. The highest BCUT2D eigenvalue weighted by Crippen LogP contribution is 2.22. The third-order valence-corrected chi connectivity index (χ3v) is 5.60. The minimum atomic E-state index is -3.60. The van der Waals surface area contributed by atoms with Crippen LogP contribution in [-0.4, -0.2) is 40.1 Å². The third-order valence-electron chi connectivity index (χ3n) is 4.18. The van der Waals surface area contributed by atoms with Crippen LogP contribution in [0.25, 0.3) is 0 Å². The van der Waals surface area contributed by atoms with Crippen LogP contribution < -0.4 is 14.8 Å². The standard InChI is InChI=1S/C22H28N2O6S/c1-5-29-22(26)17-6-8-18(9-7-17)24-21(25)14-30-20-11-10-19(12-16(20)4)31(27,28)23-13-15(2)3/h6-12,15,23H,5,13-14H2,1-4H3,(H,24,25). The Hall–Kier alpha value is -2.91. The highest BCUT2D eigenvalue weighted by atomic mass is 32.2. The van der Waals surface area contributed by atoms with E-state index in [4.69, 9.17) is 9.47 Å². The van der Waals surface area contributed by atoms with Crippen molar-refractivity contribution in [3.63, 3.8) is 0 Å². The van der Waals surface area contributed by atoms with E-state index in [1.54, 1.807) is 38.1 Å². The van der Waals surface area contributed by atoms with E-state index in [2.05, 4.69) is 10.0 Å². The largest absolute Gasteiger partial charge is 0.483 e. The molecule has 0 bridgehead atoms. The van der Waals surface area contributed by atoms with Crippen molar-refractivity contribution in [2.45, 2.75) is 32.6 Å². The van der Waals surface area contributed by atoms with E-state index in [1.807, 2.05) is 13.8 Å². The quantitative estimate of drug-likeness (QED) is 0.540. The molecule has 0 unspecified atom stereocenters. The number of hydrogen-bond acceptors (Lipinski definition) is 6. The zero-order valence-electron chi connectivity index (χ0n) is 18.1. The van der Waals surface area contributed by atoms with Crippen molar-refractivity contribution in [2.75, 3.05) is 25.1 Å². The van der Waals surface area contributed by atoms with Gasteiger partial charge in [-0.15, -0.1) is 0 Å². The SMILES string of the molecule is CCOC(=O)c1ccc(NC(=O)COc2ccc(S(=O)(=O)NCC(C)C)cc2C)cc1. The molecule has 0 saturated carbocycles. The number of carbonyl (C=O) groups excluding carboxylic acids is 2. The summed E-state index contributed by atoms with van der Waals surface area (Å²) in [5, 5.41) is 2.67. The van der Waals surface area contributed by atoms with E-state index in [-0.39, 0.29) is 24.0 Å². The number of carbonyl (C=O) groups is 2. The van der Waals surface area contributed by atoms with Gasteiger partial charge in [-0.2, -0.15) is 0 Å². The molecule has 168 valence electrons. The molecule has 8 nitrogen and oxygen atoms in total. The van der Waals surface area contributed by atoms with Crippen LogP contribution >= 0.6 is 0 Å². The first-order valence-corrected chi connectivity index (χ1v) is 11.4. The molecule has 2 aromatic carbocycles. The van der Waals surface area contributed by atoms with Crippen molar-refractivity contribution in [2.24, 2.45) is 5.92 Å². The Morgan fingerprint density at radius 1 is 1.06 bits per heavy atom. The Bertz CT molecular complexity index is 1020. The summed E-state index contributed by atoms with van der Waals surface area (Å²) in [5.74, 6) is -0.211. The number of benzene rings is 2. The second-order valence-corrected chi connectivity index (χ2v) is 9.07. The van der Waals surface area contributed by atoms with E-state index < -0.39 is 21.9 Å². The topological polar surface area (TPSA) is 111 Å². The van der Waals surface area contributed by atoms with Gasteiger partial charge in [0.15, 0.2) is 6.61 Å². The second kappa shape index (κ2) is 10.9. The van der Waals surface area contributed by atoms with Crippen LogP contribution in [-0.2, 0) is 19.6 Å². The van der Waals surface area contributed by atoms with Gasteiger partial charge in [-0.25, -0.2) is 17.9 Å². The highest BCUT2D eigenvalue weighted by Gasteiger charge is 2.16. The van der Waals surface area contributed by atoms with Crippen LogP contribution in [0.1, 0.15) is 36.7 Å². The van der Waals surface area contributed by atoms with E-state index in [0.717, 1.165) is 0 Å². The molecule has 0 aromatic heterocycles. The molecule has 0 radical (unpaired) electrons. The van der Waals surface area contributed by atoms with Crippen molar-refractivity contribution in [3.8, 4) is 5.75 Å². The average molecular weight is 449 g/mol. The zero-order chi connectivity index (χ0) is 23.0. The molecule has 0 atom stereocenters. The van der Waals surface area contributed by atoms with Crippen LogP contribution in [0, 0.1) is 12.8 Å². The number of aryl methyl sites for hydroxylation is 1. The van der Waals surface area contributed by atoms with Crippen LogP contribution in [0.15, 0.2) is 47.4 Å². The number of esters is 1. The van der Waals surface area contributed by atoms with Crippen molar-refractivity contribution < 1.29 is 27.5 Å². The maximum absolute atomic E-state index is 12.3. The van der Waals surface area contributed by atoms with E-state index in [9.17, 15) is 18.0 Å². The van der Waals surface area contributed by atoms with Gasteiger partial charge in [0.2, 0.25) is 10.0 Å². The summed E-state index contributed by atoms with van der Waals surface area (Å²) in [6.07, 6.45) is 0. The molecule has 2 N–H and O–H groups in total. The van der Waals surface area contributed by atoms with Gasteiger partial charge in [0.05, 0.1) is 17.1 Å². The first-order chi connectivity index (χ1) is 14.6. The number of hydrogen-bond donors (Lipinski definition) is 2. The van der Waals surface area contributed by atoms with Crippen LogP contribution in [0.2, 0.25) is 0 Å². The zero-order valence-corrected chi connectivity index (χ0v) is 18.9. The lowest BCUT2D eigenvalue weighted by molar-refractivity contribution is -0.118. The molecule has 1 amide bonds. The summed E-state index contributed by atoms with van der Waals surface area (Å²) >= 11 is 0. The monoisotopic (exact) mass is 448 g/mol. The number of nitrogens with one attached hydrogen (secondary N) is 2. The second-order valence-electron chi connectivity index (χ2n) is 7.31. The van der Waals surface area contributed by atoms with Gasteiger partial charge in [-0.1, -0.05) is 13.8 Å². The van der Waals surface area contributed by atoms with Crippen LogP contribution in [0.4, 0.5) is 5.69 Å². The third kappa shape index (κ3) is 7.37. The Morgan fingerprint density at radius 3 is 2.32 bits per heavy atom. The number of amides is 1. The Morgan fingerprint density at radius 2 is 1.74 bits per heavy atom. The Kier molecular flexibility index (Phi) is 8.58. The van der Waals surface area contributed by atoms with Crippen LogP contribution in [0.5, 0.6) is 5.75 Å². The van der Waals surface area contributed by atoms with E-state index >= 15 is 0 Å². The first-order valence-electron chi connectivity index (χ1n) is 9.92. The molecular weight excluding hydrogens is 420 g/mol. The smallest absolute Gasteiger partial charge is 0.338 e. The van der Waals surface area contributed by atoms with Gasteiger partial charge < -0.3 is 14.8 Å². The molecule has 0 saturated heterocycles. The van der Waals surface area contributed by atoms with Crippen LogP contribution in [0.3, 0.4) is 0 Å². The summed E-state index contributed by atoms with van der Waals surface area (Å²) in [6.45, 7) is 7.66. The minimum absolute atomic E-state index is 0.143. The number of anilines is 1. The lowest BCUT2D eigenvalue weighted by Crippen LogP contribution is -2.27. The van der Waals surface area contributed by atoms with Crippen molar-refractivity contribution in [1.29, 1.82) is 0 Å². The number of ether oxygens (including phenoxy) is 2. The molecular formula is C22H28N2O6S. The van der Waals surface area contributed by atoms with Crippen molar-refractivity contribution in [1.82, 2.24) is 4.72 Å². The maximum Gasteiger partial charge on any atom is 0.338 e. The number of rotatable bonds is 10. The summed E-state index contributed by atoms with van der Waals surface area (Å²) in [7, 11) is -3.60. The molecule has 9 heteroatoms. The molecule has 0 heterocycles. The predicted molar refractivity (Wildman–Crippen MR) is 118 cm³/mol. The fourth-order valence-corrected chi connectivity index (χ4v) is 3.85. The summed E-state index contributed by atoms with van der Waals surface area (Å²) < 4.78 is 37.7. The maximum atomic E-state index is 12.3. The van der Waals surface area contributed by atoms with Crippen molar-refractivity contribution in [3.05, 3.63) is 53.6 Å². The predicted octanol–water partition coefficient (Wildman–Crippen LogP) is 3.12. The van der Waals surface area contributed by atoms with Gasteiger partial charge >= 0.3 is 5.97 Å². The molecule has 0 aliphatic heterocycles. The summed E-state index contributed by atoms with van der Waals surface area (Å²) in [5.41, 5.74) is 1.50.